The molecule has 4 nitrogen and oxygen atoms in total. The van der Waals surface area contributed by atoms with Crippen molar-refractivity contribution in [3.05, 3.63) is 29.1 Å². The molecule has 1 amide bonds. The van der Waals surface area contributed by atoms with Crippen LogP contribution in [0.2, 0.25) is 0 Å². The van der Waals surface area contributed by atoms with Crippen LogP contribution in [0.4, 0.5) is 0 Å². The molecule has 2 aromatic rings. The molecule has 2 atom stereocenters. The van der Waals surface area contributed by atoms with E-state index in [2.05, 4.69) is 28.6 Å². The SMILES string of the molecule is COCCn1c(=NC(=O)[C@H]2CCCC[C@H]2C)sc2ccccc21. The first kappa shape index (κ1) is 16.4. The largest absolute Gasteiger partial charge is 0.383 e. The van der Waals surface area contributed by atoms with Gasteiger partial charge >= 0.3 is 0 Å². The van der Waals surface area contributed by atoms with Crippen molar-refractivity contribution in [2.24, 2.45) is 16.8 Å². The van der Waals surface area contributed by atoms with E-state index >= 15 is 0 Å². The highest BCUT2D eigenvalue weighted by atomic mass is 32.1. The number of hydrogen-bond acceptors (Lipinski definition) is 3. The first-order valence-corrected chi connectivity index (χ1v) is 9.18. The van der Waals surface area contributed by atoms with Crippen molar-refractivity contribution in [1.29, 1.82) is 0 Å². The van der Waals surface area contributed by atoms with Gasteiger partial charge in [-0.15, -0.1) is 0 Å². The molecule has 1 aliphatic carbocycles. The van der Waals surface area contributed by atoms with Crippen LogP contribution in [0, 0.1) is 11.8 Å². The molecule has 5 heteroatoms. The summed E-state index contributed by atoms with van der Waals surface area (Å²) in [5.74, 6) is 0.585. The predicted molar refractivity (Wildman–Crippen MR) is 93.4 cm³/mol. The molecule has 1 heterocycles. The molecule has 0 spiro atoms. The van der Waals surface area contributed by atoms with Gasteiger partial charge in [0.15, 0.2) is 4.80 Å². The Balaban J connectivity index is 1.98. The van der Waals surface area contributed by atoms with Crippen LogP contribution in [0.25, 0.3) is 10.2 Å². The number of nitrogens with zero attached hydrogens (tertiary/aromatic N) is 2. The highest BCUT2D eigenvalue weighted by Gasteiger charge is 2.27. The zero-order valence-corrected chi connectivity index (χ0v) is 14.6. The summed E-state index contributed by atoms with van der Waals surface area (Å²) in [5, 5.41) is 0. The van der Waals surface area contributed by atoms with Gasteiger partial charge in [-0.3, -0.25) is 4.79 Å². The maximum Gasteiger partial charge on any atom is 0.251 e. The quantitative estimate of drug-likeness (QED) is 0.858. The third-order valence-corrected chi connectivity index (χ3v) is 5.80. The number of carbonyl (C=O) groups excluding carboxylic acids is 1. The van der Waals surface area contributed by atoms with Gasteiger partial charge in [-0.05, 0) is 30.9 Å². The zero-order chi connectivity index (χ0) is 16.2. The van der Waals surface area contributed by atoms with E-state index in [4.69, 9.17) is 4.74 Å². The predicted octanol–water partition coefficient (Wildman–Crippen LogP) is 3.60. The lowest BCUT2D eigenvalue weighted by molar-refractivity contribution is -0.124. The molecule has 3 rings (SSSR count). The van der Waals surface area contributed by atoms with Crippen molar-refractivity contribution in [3.63, 3.8) is 0 Å². The smallest absolute Gasteiger partial charge is 0.251 e. The molecule has 0 bridgehead atoms. The molecule has 1 aromatic carbocycles. The maximum atomic E-state index is 12.7. The summed E-state index contributed by atoms with van der Waals surface area (Å²) in [7, 11) is 1.70. The number of methoxy groups -OCH3 is 1. The van der Waals surface area contributed by atoms with E-state index in [-0.39, 0.29) is 11.8 Å². The summed E-state index contributed by atoms with van der Waals surface area (Å²) < 4.78 is 8.48. The average molecular weight is 332 g/mol. The highest BCUT2D eigenvalue weighted by Crippen LogP contribution is 2.30. The Morgan fingerprint density at radius 1 is 1.35 bits per heavy atom. The Morgan fingerprint density at radius 2 is 2.13 bits per heavy atom. The molecular formula is C18H24N2O2S. The van der Waals surface area contributed by atoms with Gasteiger partial charge < -0.3 is 9.30 Å². The first-order chi connectivity index (χ1) is 11.2. The van der Waals surface area contributed by atoms with Gasteiger partial charge in [-0.2, -0.15) is 4.99 Å². The lowest BCUT2D eigenvalue weighted by Crippen LogP contribution is -2.27. The number of thiazole rings is 1. The van der Waals surface area contributed by atoms with Crippen LogP contribution in [-0.2, 0) is 16.1 Å². The Hall–Kier alpha value is -1.46. The van der Waals surface area contributed by atoms with Crippen molar-refractivity contribution in [3.8, 4) is 0 Å². The number of amides is 1. The van der Waals surface area contributed by atoms with E-state index < -0.39 is 0 Å². The molecule has 0 unspecified atom stereocenters. The zero-order valence-electron chi connectivity index (χ0n) is 13.8. The molecule has 1 aliphatic rings. The fourth-order valence-electron chi connectivity index (χ4n) is 3.37. The van der Waals surface area contributed by atoms with Crippen LogP contribution >= 0.6 is 11.3 Å². The number of ether oxygens (including phenoxy) is 1. The number of benzene rings is 1. The lowest BCUT2D eigenvalue weighted by Gasteiger charge is -2.25. The van der Waals surface area contributed by atoms with Crippen LogP contribution in [-0.4, -0.2) is 24.2 Å². The van der Waals surface area contributed by atoms with E-state index in [1.54, 1.807) is 18.4 Å². The Labute approximate surface area is 140 Å². The van der Waals surface area contributed by atoms with E-state index in [1.165, 1.54) is 6.42 Å². The van der Waals surface area contributed by atoms with E-state index in [9.17, 15) is 4.79 Å². The fourth-order valence-corrected chi connectivity index (χ4v) is 4.43. The summed E-state index contributed by atoms with van der Waals surface area (Å²) in [6.07, 6.45) is 4.50. The second-order valence-electron chi connectivity index (χ2n) is 6.32. The minimum absolute atomic E-state index is 0.0509. The minimum Gasteiger partial charge on any atom is -0.383 e. The summed E-state index contributed by atoms with van der Waals surface area (Å²) in [6.45, 7) is 3.51. The molecule has 0 saturated heterocycles. The van der Waals surface area contributed by atoms with Crippen molar-refractivity contribution in [2.75, 3.05) is 13.7 Å². The fraction of sp³-hybridized carbons (Fsp3) is 0.556. The number of para-hydroxylation sites is 1. The van der Waals surface area contributed by atoms with Crippen LogP contribution in [0.3, 0.4) is 0 Å². The van der Waals surface area contributed by atoms with Crippen molar-refractivity contribution >= 4 is 27.5 Å². The van der Waals surface area contributed by atoms with Crippen LogP contribution in [0.5, 0.6) is 0 Å². The van der Waals surface area contributed by atoms with Crippen LogP contribution in [0.15, 0.2) is 29.3 Å². The van der Waals surface area contributed by atoms with Gasteiger partial charge in [-0.1, -0.05) is 43.2 Å². The van der Waals surface area contributed by atoms with Crippen LogP contribution < -0.4 is 4.80 Å². The second-order valence-corrected chi connectivity index (χ2v) is 7.32. The Kier molecular flexibility index (Phi) is 5.28. The normalized spacial score (nSPS) is 22.6. The summed E-state index contributed by atoms with van der Waals surface area (Å²) in [5.41, 5.74) is 1.12. The number of hydrogen-bond donors (Lipinski definition) is 0. The molecule has 0 radical (unpaired) electrons. The second kappa shape index (κ2) is 7.41. The third kappa shape index (κ3) is 3.56. The molecule has 1 fully saturated rings. The summed E-state index contributed by atoms with van der Waals surface area (Å²) in [6, 6.07) is 8.20. The van der Waals surface area contributed by atoms with E-state index in [1.807, 2.05) is 12.1 Å². The Morgan fingerprint density at radius 3 is 2.91 bits per heavy atom. The lowest BCUT2D eigenvalue weighted by atomic mass is 9.80. The van der Waals surface area contributed by atoms with E-state index in [0.29, 0.717) is 19.1 Å². The van der Waals surface area contributed by atoms with Crippen LogP contribution in [0.1, 0.15) is 32.6 Å². The first-order valence-electron chi connectivity index (χ1n) is 8.36. The van der Waals surface area contributed by atoms with Gasteiger partial charge in [0.1, 0.15) is 0 Å². The van der Waals surface area contributed by atoms with Gasteiger partial charge in [0.25, 0.3) is 5.91 Å². The monoisotopic (exact) mass is 332 g/mol. The van der Waals surface area contributed by atoms with Crippen molar-refractivity contribution in [2.45, 2.75) is 39.2 Å². The number of aromatic nitrogens is 1. The molecule has 23 heavy (non-hydrogen) atoms. The number of carbonyl (C=O) groups is 1. The summed E-state index contributed by atoms with van der Waals surface area (Å²) >= 11 is 1.59. The Bertz CT molecular complexity index is 747. The molecular weight excluding hydrogens is 308 g/mol. The van der Waals surface area contributed by atoms with Crippen molar-refractivity contribution < 1.29 is 9.53 Å². The molecule has 1 saturated carbocycles. The molecule has 1 aromatic heterocycles. The number of rotatable bonds is 4. The van der Waals surface area contributed by atoms with Gasteiger partial charge in [0.05, 0.1) is 16.8 Å². The molecule has 0 N–H and O–H groups in total. The minimum atomic E-state index is 0.0509. The van der Waals surface area contributed by atoms with Gasteiger partial charge in [-0.25, -0.2) is 0 Å². The van der Waals surface area contributed by atoms with Gasteiger partial charge in [0.2, 0.25) is 0 Å². The number of fused-ring (bicyclic) bond motifs is 1. The molecule has 0 aliphatic heterocycles. The standard InChI is InChI=1S/C18H24N2O2S/c1-13-7-3-4-8-14(13)17(21)19-18-20(11-12-22-2)15-9-5-6-10-16(15)23-18/h5-6,9-10,13-14H,3-4,7-8,11-12H2,1-2H3/t13-,14+/m1/s1. The summed E-state index contributed by atoms with van der Waals surface area (Å²) in [4.78, 5) is 18.0. The topological polar surface area (TPSA) is 43.6 Å². The van der Waals surface area contributed by atoms with Gasteiger partial charge in [0, 0.05) is 19.6 Å². The maximum absolute atomic E-state index is 12.7. The van der Waals surface area contributed by atoms with Crippen molar-refractivity contribution in [1.82, 2.24) is 4.57 Å². The molecule has 124 valence electrons. The average Bonchev–Trinajstić information content (AvgIpc) is 2.90. The van der Waals surface area contributed by atoms with E-state index in [0.717, 1.165) is 34.3 Å². The highest BCUT2D eigenvalue weighted by molar-refractivity contribution is 7.16. The third-order valence-electron chi connectivity index (χ3n) is 4.74.